The van der Waals surface area contributed by atoms with Crippen LogP contribution in [0.15, 0.2) is 47.1 Å². The average Bonchev–Trinajstić information content (AvgIpc) is 3.13. The van der Waals surface area contributed by atoms with Crippen LogP contribution in [0.3, 0.4) is 0 Å². The fraction of sp³-hybridized carbons (Fsp3) is 0.586. The number of carbonyl (C=O) groups is 2. The van der Waals surface area contributed by atoms with Crippen molar-refractivity contribution < 1.29 is 19.8 Å². The molecule has 190 valence electrons. The summed E-state index contributed by atoms with van der Waals surface area (Å²) in [5.41, 5.74) is 0.493. The Labute approximate surface area is 216 Å². The van der Waals surface area contributed by atoms with E-state index in [-0.39, 0.29) is 40.5 Å². The summed E-state index contributed by atoms with van der Waals surface area (Å²) in [5, 5.41) is 24.2. The van der Waals surface area contributed by atoms with Crippen molar-refractivity contribution in [2.45, 2.75) is 75.5 Å². The number of hydrogen-bond donors (Lipinski definition) is 2. The van der Waals surface area contributed by atoms with Crippen LogP contribution in [-0.4, -0.2) is 49.2 Å². The number of benzene rings is 1. The molecule has 0 unspecified atom stereocenters. The second kappa shape index (κ2) is 8.47. The van der Waals surface area contributed by atoms with Gasteiger partial charge in [-0.1, -0.05) is 43.3 Å². The van der Waals surface area contributed by atoms with Crippen molar-refractivity contribution in [2.75, 3.05) is 5.75 Å². The topological polar surface area (TPSA) is 100 Å². The summed E-state index contributed by atoms with van der Waals surface area (Å²) in [6, 6.07) is 7.63. The van der Waals surface area contributed by atoms with Gasteiger partial charge in [0, 0.05) is 11.8 Å². The number of rotatable bonds is 4. The molecule has 4 aliphatic rings. The van der Waals surface area contributed by atoms with Gasteiger partial charge in [-0.3, -0.25) is 14.6 Å². The van der Waals surface area contributed by atoms with Gasteiger partial charge in [0.05, 0.1) is 29.1 Å². The van der Waals surface area contributed by atoms with Crippen LogP contribution in [0.2, 0.25) is 0 Å². The Hall–Kier alpha value is -2.09. The van der Waals surface area contributed by atoms with Crippen molar-refractivity contribution in [1.82, 2.24) is 9.97 Å². The summed E-state index contributed by atoms with van der Waals surface area (Å²) < 4.78 is 0. The molecule has 2 aromatic rings. The van der Waals surface area contributed by atoms with E-state index in [1.165, 1.54) is 17.3 Å². The van der Waals surface area contributed by atoms with Crippen LogP contribution in [0.4, 0.5) is 0 Å². The van der Waals surface area contributed by atoms with Crippen molar-refractivity contribution >= 4 is 34.4 Å². The van der Waals surface area contributed by atoms with E-state index in [0.29, 0.717) is 24.3 Å². The molecule has 0 amide bonds. The summed E-state index contributed by atoms with van der Waals surface area (Å²) in [4.78, 5) is 34.8. The molecule has 7 atom stereocenters. The van der Waals surface area contributed by atoms with Gasteiger partial charge in [0.15, 0.2) is 11.6 Å². The third-order valence-corrected chi connectivity index (χ3v) is 11.2. The number of aromatic nitrogens is 2. The molecule has 3 saturated carbocycles. The highest BCUT2D eigenvalue weighted by Crippen LogP contribution is 2.67. The van der Waals surface area contributed by atoms with Crippen molar-refractivity contribution in [3.63, 3.8) is 0 Å². The minimum Gasteiger partial charge on any atom is -0.393 e. The highest BCUT2D eigenvalue weighted by molar-refractivity contribution is 7.99. The predicted molar refractivity (Wildman–Crippen MR) is 138 cm³/mol. The second-order valence-corrected chi connectivity index (χ2v) is 12.9. The Kier molecular flexibility index (Phi) is 5.71. The average molecular weight is 507 g/mol. The highest BCUT2D eigenvalue weighted by Gasteiger charge is 2.68. The molecule has 1 heterocycles. The molecule has 0 bridgehead atoms. The number of ketones is 2. The van der Waals surface area contributed by atoms with Crippen molar-refractivity contribution in [1.29, 1.82) is 0 Å². The summed E-state index contributed by atoms with van der Waals surface area (Å²) in [7, 11) is 0. The maximum atomic E-state index is 13.6. The highest BCUT2D eigenvalue weighted by atomic mass is 32.2. The maximum Gasteiger partial charge on any atom is 0.175 e. The molecule has 0 spiro atoms. The number of carbonyl (C=O) groups excluding carboxylic acids is 2. The summed E-state index contributed by atoms with van der Waals surface area (Å²) >= 11 is 1.32. The zero-order chi connectivity index (χ0) is 25.3. The van der Waals surface area contributed by atoms with E-state index in [4.69, 9.17) is 0 Å². The van der Waals surface area contributed by atoms with Gasteiger partial charge in [-0.15, -0.1) is 0 Å². The van der Waals surface area contributed by atoms with E-state index in [9.17, 15) is 19.8 Å². The first-order chi connectivity index (χ1) is 17.2. The minimum atomic E-state index is -1.46. The maximum absolute atomic E-state index is 13.6. The van der Waals surface area contributed by atoms with Gasteiger partial charge in [-0.05, 0) is 79.9 Å². The molecule has 1 aromatic carbocycles. The smallest absolute Gasteiger partial charge is 0.175 e. The van der Waals surface area contributed by atoms with Crippen LogP contribution >= 0.6 is 11.8 Å². The fourth-order valence-corrected chi connectivity index (χ4v) is 9.23. The van der Waals surface area contributed by atoms with E-state index in [1.54, 1.807) is 6.20 Å². The Bertz CT molecular complexity index is 1280. The van der Waals surface area contributed by atoms with Crippen molar-refractivity contribution in [3.8, 4) is 0 Å². The summed E-state index contributed by atoms with van der Waals surface area (Å²) in [6.07, 6.45) is 7.65. The lowest BCUT2D eigenvalue weighted by molar-refractivity contribution is -0.178. The molecule has 6 rings (SSSR count). The zero-order valence-electron chi connectivity index (χ0n) is 20.9. The van der Waals surface area contributed by atoms with Gasteiger partial charge in [-0.25, -0.2) is 4.98 Å². The van der Waals surface area contributed by atoms with Crippen molar-refractivity contribution in [3.05, 3.63) is 42.1 Å². The third-order valence-electron chi connectivity index (χ3n) is 10.3. The van der Waals surface area contributed by atoms with Gasteiger partial charge in [0.1, 0.15) is 10.6 Å². The predicted octanol–water partition coefficient (Wildman–Crippen LogP) is 4.52. The first-order valence-electron chi connectivity index (χ1n) is 13.2. The van der Waals surface area contributed by atoms with Crippen LogP contribution < -0.4 is 0 Å². The monoisotopic (exact) mass is 506 g/mol. The third kappa shape index (κ3) is 3.46. The van der Waals surface area contributed by atoms with Gasteiger partial charge >= 0.3 is 0 Å². The molecule has 6 nitrogen and oxygen atoms in total. The van der Waals surface area contributed by atoms with E-state index in [2.05, 4.69) is 16.9 Å². The molecule has 3 fully saturated rings. The van der Waals surface area contributed by atoms with Gasteiger partial charge in [-0.2, -0.15) is 0 Å². The van der Waals surface area contributed by atoms with Crippen LogP contribution in [0.1, 0.15) is 58.8 Å². The largest absolute Gasteiger partial charge is 0.393 e. The molecule has 7 heteroatoms. The molecule has 2 N–H and O–H groups in total. The van der Waals surface area contributed by atoms with Crippen LogP contribution in [0.5, 0.6) is 0 Å². The normalized spacial score (nSPS) is 39.8. The molecule has 0 saturated heterocycles. The summed E-state index contributed by atoms with van der Waals surface area (Å²) in [5.74, 6) is 0.650. The molecule has 36 heavy (non-hydrogen) atoms. The van der Waals surface area contributed by atoms with E-state index in [1.807, 2.05) is 37.3 Å². The Balaban J connectivity index is 1.23. The van der Waals surface area contributed by atoms with Gasteiger partial charge < -0.3 is 10.2 Å². The molecule has 0 radical (unpaired) electrons. The Morgan fingerprint density at radius 2 is 1.92 bits per heavy atom. The number of thioether (sulfide) groups is 1. The molecule has 1 aromatic heterocycles. The second-order valence-electron chi connectivity index (χ2n) is 11.9. The van der Waals surface area contributed by atoms with E-state index < -0.39 is 17.1 Å². The molecular formula is C29H34N2O4S. The number of fused-ring (bicyclic) bond motifs is 6. The molecular weight excluding hydrogens is 472 g/mol. The van der Waals surface area contributed by atoms with E-state index >= 15 is 0 Å². The first kappa shape index (κ1) is 24.3. The molecule has 0 aliphatic heterocycles. The Morgan fingerprint density at radius 3 is 2.72 bits per heavy atom. The number of hydrogen-bond acceptors (Lipinski definition) is 7. The van der Waals surface area contributed by atoms with Crippen LogP contribution in [0.25, 0.3) is 11.0 Å². The standard InChI is InChI=1S/C29H34N2O4S/c1-27-11-9-18(32)13-17(27)7-8-19-20-10-12-29(35,28(20,2)14-23(33)26(19)27)24(34)16-36-25-15-30-21-5-3-4-6-22(21)31-25/h3-6,13,15,19-20,23,26,33,35H,7-12,14,16H2,1-2H3/t19-,20-,23-,26+,27-,28-,29-/m0/s1. The van der Waals surface area contributed by atoms with E-state index in [0.717, 1.165) is 36.7 Å². The Morgan fingerprint density at radius 1 is 1.14 bits per heavy atom. The number of Topliss-reactive ketones (excluding diaryl/α,β-unsaturated/α-hetero) is 1. The number of allylic oxidation sites excluding steroid dienone is 1. The van der Waals surface area contributed by atoms with Crippen LogP contribution in [0, 0.1) is 28.6 Å². The summed E-state index contributed by atoms with van der Waals surface area (Å²) in [6.45, 7) is 4.25. The SMILES string of the molecule is C[C@]12CCC(=O)C=C1CC[C@@H]1[C@@H]2[C@@H](O)C[C@@]2(C)[C@H]1CC[C@]2(O)C(=O)CSc1cnc2ccccc2n1. The number of para-hydroxylation sites is 2. The van der Waals surface area contributed by atoms with Crippen LogP contribution in [-0.2, 0) is 9.59 Å². The lowest BCUT2D eigenvalue weighted by atomic mass is 9.45. The number of aliphatic hydroxyl groups excluding tert-OH is 1. The first-order valence-corrected chi connectivity index (χ1v) is 14.2. The quantitative estimate of drug-likeness (QED) is 0.588. The number of aliphatic hydroxyl groups is 2. The lowest BCUT2D eigenvalue weighted by Gasteiger charge is -2.60. The van der Waals surface area contributed by atoms with Crippen molar-refractivity contribution in [2.24, 2.45) is 28.6 Å². The minimum absolute atomic E-state index is 0.0726. The number of nitrogens with zero attached hydrogens (tertiary/aromatic N) is 2. The van der Waals surface area contributed by atoms with Gasteiger partial charge in [0.25, 0.3) is 0 Å². The molecule has 4 aliphatic carbocycles. The fourth-order valence-electron chi connectivity index (χ4n) is 8.42. The van der Waals surface area contributed by atoms with Gasteiger partial charge in [0.2, 0.25) is 0 Å². The lowest BCUT2D eigenvalue weighted by Crippen LogP contribution is -2.61. The zero-order valence-corrected chi connectivity index (χ0v) is 21.8.